The predicted octanol–water partition coefficient (Wildman–Crippen LogP) is 2.73. The van der Waals surface area contributed by atoms with Gasteiger partial charge in [-0.15, -0.1) is 0 Å². The normalized spacial score (nSPS) is 18.2. The molecule has 1 aromatic heterocycles. The zero-order valence-electron chi connectivity index (χ0n) is 19.1. The smallest absolute Gasteiger partial charge is 0.243 e. The molecule has 2 aliphatic heterocycles. The number of benzene rings is 1. The Morgan fingerprint density at radius 1 is 1.18 bits per heavy atom. The van der Waals surface area contributed by atoms with Crippen LogP contribution in [0.4, 0.5) is 5.69 Å². The molecule has 1 N–H and O–H groups in total. The topological polar surface area (TPSA) is 99.9 Å². The molecule has 1 fully saturated rings. The van der Waals surface area contributed by atoms with Gasteiger partial charge in [-0.3, -0.25) is 9.59 Å². The number of anilines is 1. The van der Waals surface area contributed by atoms with Crippen molar-refractivity contribution in [2.75, 3.05) is 24.5 Å². The number of carbonyl (C=O) groups excluding carboxylic acids is 2. The Hall–Kier alpha value is -2.65. The molecule has 9 heteroatoms. The number of hydrogen-bond acceptors (Lipinski definition) is 5. The Labute approximate surface area is 195 Å². The first kappa shape index (κ1) is 23.5. The summed E-state index contributed by atoms with van der Waals surface area (Å²) >= 11 is 0. The van der Waals surface area contributed by atoms with Crippen LogP contribution in [0.5, 0.6) is 0 Å². The molecule has 2 aliphatic rings. The van der Waals surface area contributed by atoms with Gasteiger partial charge in [0.05, 0.1) is 11.2 Å². The number of amides is 2. The Bertz CT molecular complexity index is 1110. The molecule has 3 heterocycles. The lowest BCUT2D eigenvalue weighted by Gasteiger charge is -2.31. The largest absolute Gasteiger partial charge is 0.469 e. The van der Waals surface area contributed by atoms with Crippen molar-refractivity contribution in [1.82, 2.24) is 9.62 Å². The van der Waals surface area contributed by atoms with Crippen molar-refractivity contribution >= 4 is 27.5 Å². The second kappa shape index (κ2) is 9.69. The third kappa shape index (κ3) is 5.30. The number of furan rings is 1. The molecular weight excluding hydrogens is 442 g/mol. The number of piperidine rings is 1. The Kier molecular flexibility index (Phi) is 6.90. The van der Waals surface area contributed by atoms with Crippen LogP contribution in [0.2, 0.25) is 0 Å². The fourth-order valence-corrected chi connectivity index (χ4v) is 6.27. The lowest BCUT2D eigenvalue weighted by atomic mass is 9.94. The Morgan fingerprint density at radius 2 is 1.94 bits per heavy atom. The van der Waals surface area contributed by atoms with E-state index in [1.54, 1.807) is 29.4 Å². The highest BCUT2D eigenvalue weighted by molar-refractivity contribution is 7.89. The number of carbonyl (C=O) groups is 2. The minimum Gasteiger partial charge on any atom is -0.469 e. The van der Waals surface area contributed by atoms with E-state index in [9.17, 15) is 18.0 Å². The van der Waals surface area contributed by atoms with Crippen LogP contribution in [0, 0.1) is 5.92 Å². The number of fused-ring (bicyclic) bond motifs is 1. The van der Waals surface area contributed by atoms with Crippen molar-refractivity contribution in [3.63, 3.8) is 0 Å². The molecule has 0 bridgehead atoms. The minimum absolute atomic E-state index is 0.0102. The van der Waals surface area contributed by atoms with Gasteiger partial charge in [-0.2, -0.15) is 4.31 Å². The molecule has 0 saturated carbocycles. The Balaban J connectivity index is 1.30. The van der Waals surface area contributed by atoms with Crippen LogP contribution >= 0.6 is 0 Å². The predicted molar refractivity (Wildman–Crippen MR) is 124 cm³/mol. The lowest BCUT2D eigenvalue weighted by Crippen LogP contribution is -2.40. The highest BCUT2D eigenvalue weighted by Crippen LogP contribution is 2.32. The molecule has 0 radical (unpaired) electrons. The summed E-state index contributed by atoms with van der Waals surface area (Å²) in [7, 11) is -3.60. The van der Waals surface area contributed by atoms with Gasteiger partial charge in [-0.1, -0.05) is 0 Å². The lowest BCUT2D eigenvalue weighted by molar-refractivity contribution is -0.123. The first-order valence-electron chi connectivity index (χ1n) is 11.5. The molecular formula is C24H31N3O5S. The van der Waals surface area contributed by atoms with E-state index in [1.165, 1.54) is 11.2 Å². The summed E-state index contributed by atoms with van der Waals surface area (Å²) in [5.74, 6) is 0.952. The third-order valence-corrected chi connectivity index (χ3v) is 8.40. The second-order valence-corrected chi connectivity index (χ2v) is 11.0. The highest BCUT2D eigenvalue weighted by Gasteiger charge is 2.32. The quantitative estimate of drug-likeness (QED) is 0.667. The van der Waals surface area contributed by atoms with E-state index in [1.807, 2.05) is 19.1 Å². The molecule has 1 aromatic carbocycles. The van der Waals surface area contributed by atoms with Crippen molar-refractivity contribution in [1.29, 1.82) is 0 Å². The maximum absolute atomic E-state index is 13.2. The zero-order valence-corrected chi connectivity index (χ0v) is 19.9. The molecule has 0 aliphatic carbocycles. The Morgan fingerprint density at radius 3 is 2.61 bits per heavy atom. The van der Waals surface area contributed by atoms with E-state index in [0.29, 0.717) is 51.7 Å². The molecule has 8 nitrogen and oxygen atoms in total. The number of nitrogens with zero attached hydrogens (tertiary/aromatic N) is 2. The fourth-order valence-electron chi connectivity index (χ4n) is 4.75. The van der Waals surface area contributed by atoms with Gasteiger partial charge in [0.2, 0.25) is 21.8 Å². The van der Waals surface area contributed by atoms with E-state index in [0.717, 1.165) is 17.0 Å². The van der Waals surface area contributed by atoms with Crippen molar-refractivity contribution in [3.05, 3.63) is 47.9 Å². The number of sulfonamides is 1. The van der Waals surface area contributed by atoms with Gasteiger partial charge >= 0.3 is 0 Å². The van der Waals surface area contributed by atoms with Crippen molar-refractivity contribution in [3.8, 4) is 0 Å². The van der Waals surface area contributed by atoms with Gasteiger partial charge in [0.1, 0.15) is 5.76 Å². The minimum atomic E-state index is -3.60. The van der Waals surface area contributed by atoms with E-state index in [-0.39, 0.29) is 28.7 Å². The van der Waals surface area contributed by atoms with Crippen molar-refractivity contribution in [2.45, 2.75) is 56.9 Å². The van der Waals surface area contributed by atoms with Crippen LogP contribution in [-0.2, 0) is 32.5 Å². The first-order valence-corrected chi connectivity index (χ1v) is 12.9. The summed E-state index contributed by atoms with van der Waals surface area (Å²) in [5, 5.41) is 3.01. The molecule has 178 valence electrons. The fraction of sp³-hybridized carbons (Fsp3) is 0.500. The van der Waals surface area contributed by atoms with Crippen LogP contribution in [0.1, 0.15) is 44.4 Å². The average Bonchev–Trinajstić information content (AvgIpc) is 3.43. The number of nitrogens with one attached hydrogen (secondary N) is 1. The summed E-state index contributed by atoms with van der Waals surface area (Å²) in [5.41, 5.74) is 1.69. The van der Waals surface area contributed by atoms with Crippen molar-refractivity contribution in [2.24, 2.45) is 5.92 Å². The molecule has 4 rings (SSSR count). The van der Waals surface area contributed by atoms with Gasteiger partial charge in [0.15, 0.2) is 0 Å². The first-order chi connectivity index (χ1) is 15.7. The monoisotopic (exact) mass is 473 g/mol. The molecule has 0 spiro atoms. The van der Waals surface area contributed by atoms with Gasteiger partial charge in [0.25, 0.3) is 0 Å². The van der Waals surface area contributed by atoms with E-state index in [4.69, 9.17) is 4.42 Å². The SMILES string of the molecule is CC(=O)N1CCc2cc(S(=O)(=O)N3CCC(CC(=O)NC(C)Cc4ccco4)CC3)ccc21. The van der Waals surface area contributed by atoms with Gasteiger partial charge in [0, 0.05) is 51.1 Å². The summed E-state index contributed by atoms with van der Waals surface area (Å²) in [6.45, 7) is 4.85. The summed E-state index contributed by atoms with van der Waals surface area (Å²) in [6.07, 6.45) is 4.63. The summed E-state index contributed by atoms with van der Waals surface area (Å²) in [6, 6.07) is 8.72. The van der Waals surface area contributed by atoms with Gasteiger partial charge in [-0.05, 0) is 68.0 Å². The van der Waals surface area contributed by atoms with E-state index >= 15 is 0 Å². The number of hydrogen-bond donors (Lipinski definition) is 1. The van der Waals surface area contributed by atoms with Crippen LogP contribution in [-0.4, -0.2) is 50.2 Å². The highest BCUT2D eigenvalue weighted by atomic mass is 32.2. The van der Waals surface area contributed by atoms with Crippen LogP contribution in [0.15, 0.2) is 45.9 Å². The van der Waals surface area contributed by atoms with Gasteiger partial charge in [-0.25, -0.2) is 8.42 Å². The summed E-state index contributed by atoms with van der Waals surface area (Å²) < 4.78 is 33.2. The zero-order chi connectivity index (χ0) is 23.6. The van der Waals surface area contributed by atoms with E-state index in [2.05, 4.69) is 5.32 Å². The molecule has 2 amide bonds. The summed E-state index contributed by atoms with van der Waals surface area (Å²) in [4.78, 5) is 26.1. The van der Waals surface area contributed by atoms with Crippen molar-refractivity contribution < 1.29 is 22.4 Å². The molecule has 1 unspecified atom stereocenters. The van der Waals surface area contributed by atoms with Gasteiger partial charge < -0.3 is 14.6 Å². The number of rotatable bonds is 7. The molecule has 2 aromatic rings. The van der Waals surface area contributed by atoms with Crippen LogP contribution in [0.3, 0.4) is 0 Å². The molecule has 1 saturated heterocycles. The molecule has 33 heavy (non-hydrogen) atoms. The maximum Gasteiger partial charge on any atom is 0.243 e. The maximum atomic E-state index is 13.2. The standard InChI is InChI=1S/C24H31N3O5S/c1-17(14-21-4-3-13-32-21)25-24(29)15-19-7-10-26(11-8-19)33(30,31)22-5-6-23-20(16-22)9-12-27(23)18(2)28/h3-6,13,16-17,19H,7-12,14-15H2,1-2H3,(H,25,29). The van der Waals surface area contributed by atoms with Crippen LogP contribution in [0.25, 0.3) is 0 Å². The second-order valence-electron chi connectivity index (χ2n) is 9.01. The average molecular weight is 474 g/mol. The van der Waals surface area contributed by atoms with Crippen LogP contribution < -0.4 is 10.2 Å². The third-order valence-electron chi connectivity index (χ3n) is 6.51. The molecule has 1 atom stereocenters. The van der Waals surface area contributed by atoms with E-state index < -0.39 is 10.0 Å².